The van der Waals surface area contributed by atoms with Crippen LogP contribution < -0.4 is 0 Å². The van der Waals surface area contributed by atoms with Gasteiger partial charge in [0.2, 0.25) is 0 Å². The second-order valence-corrected chi connectivity index (χ2v) is 5.94. The zero-order valence-electron chi connectivity index (χ0n) is 12.6. The number of aliphatic hydroxyl groups is 1. The first-order valence-electron chi connectivity index (χ1n) is 7.99. The van der Waals surface area contributed by atoms with E-state index in [1.807, 2.05) is 0 Å². The van der Waals surface area contributed by atoms with Crippen molar-refractivity contribution in [3.05, 3.63) is 0 Å². The minimum absolute atomic E-state index is 0.0639. The molecule has 1 rings (SSSR count). The third-order valence-electron chi connectivity index (χ3n) is 4.38. The second-order valence-electron chi connectivity index (χ2n) is 5.94. The number of aliphatic hydroxyl groups excluding tert-OH is 1. The van der Waals surface area contributed by atoms with Crippen molar-refractivity contribution in [3.63, 3.8) is 0 Å². The van der Waals surface area contributed by atoms with Crippen LogP contribution in [0.3, 0.4) is 0 Å². The molecule has 0 heterocycles. The molecule has 0 amide bonds. The average molecular weight is 270 g/mol. The van der Waals surface area contributed by atoms with Crippen LogP contribution in [0, 0.1) is 11.8 Å². The molecule has 0 saturated heterocycles. The molecule has 112 valence electrons. The number of carbonyl (C=O) groups is 1. The fourth-order valence-electron chi connectivity index (χ4n) is 2.93. The predicted octanol–water partition coefficient (Wildman–Crippen LogP) is 3.69. The molecule has 3 heteroatoms. The van der Waals surface area contributed by atoms with Gasteiger partial charge in [-0.1, -0.05) is 33.1 Å². The van der Waals surface area contributed by atoms with E-state index < -0.39 is 0 Å². The Labute approximate surface area is 117 Å². The van der Waals surface area contributed by atoms with Crippen LogP contribution in [0.5, 0.6) is 0 Å². The molecule has 0 spiro atoms. The quantitative estimate of drug-likeness (QED) is 0.684. The molecule has 1 saturated carbocycles. The van der Waals surface area contributed by atoms with Crippen molar-refractivity contribution in [2.75, 3.05) is 6.61 Å². The van der Waals surface area contributed by atoms with Crippen LogP contribution in [-0.2, 0) is 9.53 Å². The zero-order valence-corrected chi connectivity index (χ0v) is 12.6. The Morgan fingerprint density at radius 3 is 2.68 bits per heavy atom. The summed E-state index contributed by atoms with van der Waals surface area (Å²) in [6, 6.07) is 0. The minimum atomic E-state index is -0.188. The molecule has 0 aromatic heterocycles. The van der Waals surface area contributed by atoms with Crippen molar-refractivity contribution in [1.29, 1.82) is 0 Å². The maximum absolute atomic E-state index is 11.6. The van der Waals surface area contributed by atoms with Gasteiger partial charge in [-0.25, -0.2) is 0 Å². The monoisotopic (exact) mass is 270 g/mol. The van der Waals surface area contributed by atoms with Crippen molar-refractivity contribution < 1.29 is 14.6 Å². The van der Waals surface area contributed by atoms with Crippen LogP contribution >= 0.6 is 0 Å². The number of rotatable bonds is 8. The Hall–Kier alpha value is -0.570. The van der Waals surface area contributed by atoms with E-state index in [-0.39, 0.29) is 12.1 Å². The summed E-state index contributed by atoms with van der Waals surface area (Å²) in [4.78, 5) is 11.6. The van der Waals surface area contributed by atoms with Crippen molar-refractivity contribution >= 4 is 5.97 Å². The SMILES string of the molecule is CCC(CC)CCCC(=O)OCC1CCCC(O)C1. The second kappa shape index (κ2) is 9.35. The molecule has 2 unspecified atom stereocenters. The van der Waals surface area contributed by atoms with E-state index in [2.05, 4.69) is 13.8 Å². The number of esters is 1. The van der Waals surface area contributed by atoms with Crippen molar-refractivity contribution in [2.24, 2.45) is 11.8 Å². The van der Waals surface area contributed by atoms with Gasteiger partial charge < -0.3 is 9.84 Å². The Kier molecular flexibility index (Phi) is 8.11. The molecule has 0 aliphatic heterocycles. The minimum Gasteiger partial charge on any atom is -0.465 e. The van der Waals surface area contributed by atoms with Gasteiger partial charge in [0.05, 0.1) is 12.7 Å². The molecule has 1 aliphatic rings. The van der Waals surface area contributed by atoms with E-state index in [0.717, 1.165) is 44.4 Å². The molecular weight excluding hydrogens is 240 g/mol. The maximum atomic E-state index is 11.6. The van der Waals surface area contributed by atoms with E-state index in [1.54, 1.807) is 0 Å². The van der Waals surface area contributed by atoms with Gasteiger partial charge in [0.15, 0.2) is 0 Å². The number of ether oxygens (including phenoxy) is 1. The molecule has 1 fully saturated rings. The highest BCUT2D eigenvalue weighted by Gasteiger charge is 2.21. The van der Waals surface area contributed by atoms with Gasteiger partial charge in [0.25, 0.3) is 0 Å². The average Bonchev–Trinajstić information content (AvgIpc) is 2.41. The molecule has 0 radical (unpaired) electrons. The summed E-state index contributed by atoms with van der Waals surface area (Å²) in [6.07, 6.45) is 8.66. The molecular formula is C16H30O3. The normalized spacial score (nSPS) is 23.6. The first kappa shape index (κ1) is 16.5. The number of carbonyl (C=O) groups excluding carboxylic acids is 1. The van der Waals surface area contributed by atoms with Crippen LogP contribution in [0.2, 0.25) is 0 Å². The first-order valence-corrected chi connectivity index (χ1v) is 7.99. The third kappa shape index (κ3) is 6.95. The van der Waals surface area contributed by atoms with Gasteiger partial charge in [-0.2, -0.15) is 0 Å². The third-order valence-corrected chi connectivity index (χ3v) is 4.38. The summed E-state index contributed by atoms with van der Waals surface area (Å²) >= 11 is 0. The standard InChI is InChI=1S/C16H30O3/c1-3-13(4-2)7-6-10-16(18)19-12-14-8-5-9-15(17)11-14/h13-15,17H,3-12H2,1-2H3. The smallest absolute Gasteiger partial charge is 0.305 e. The first-order chi connectivity index (χ1) is 9.15. The Morgan fingerprint density at radius 1 is 1.32 bits per heavy atom. The van der Waals surface area contributed by atoms with Gasteiger partial charge in [-0.3, -0.25) is 4.79 Å². The Balaban J connectivity index is 2.07. The van der Waals surface area contributed by atoms with E-state index in [0.29, 0.717) is 18.9 Å². The van der Waals surface area contributed by atoms with Crippen LogP contribution in [0.25, 0.3) is 0 Å². The molecule has 1 aliphatic carbocycles. The predicted molar refractivity (Wildman–Crippen MR) is 76.8 cm³/mol. The molecule has 1 N–H and O–H groups in total. The molecule has 2 atom stereocenters. The molecule has 0 aromatic carbocycles. The van der Waals surface area contributed by atoms with Crippen LogP contribution in [0.4, 0.5) is 0 Å². The highest BCUT2D eigenvalue weighted by molar-refractivity contribution is 5.69. The summed E-state index contributed by atoms with van der Waals surface area (Å²) in [5.74, 6) is 1.05. The Bertz CT molecular complexity index is 248. The highest BCUT2D eigenvalue weighted by atomic mass is 16.5. The lowest BCUT2D eigenvalue weighted by atomic mass is 9.88. The van der Waals surface area contributed by atoms with Gasteiger partial charge >= 0.3 is 5.97 Å². The summed E-state index contributed by atoms with van der Waals surface area (Å²) < 4.78 is 5.33. The lowest BCUT2D eigenvalue weighted by Crippen LogP contribution is -2.24. The fraction of sp³-hybridized carbons (Fsp3) is 0.938. The topological polar surface area (TPSA) is 46.5 Å². The van der Waals surface area contributed by atoms with E-state index in [4.69, 9.17) is 4.74 Å². The lowest BCUT2D eigenvalue weighted by Gasteiger charge is -2.25. The zero-order chi connectivity index (χ0) is 14.1. The summed E-state index contributed by atoms with van der Waals surface area (Å²) in [5.41, 5.74) is 0. The van der Waals surface area contributed by atoms with Gasteiger partial charge in [-0.15, -0.1) is 0 Å². The van der Waals surface area contributed by atoms with Crippen molar-refractivity contribution in [1.82, 2.24) is 0 Å². The largest absolute Gasteiger partial charge is 0.465 e. The van der Waals surface area contributed by atoms with E-state index in [9.17, 15) is 9.90 Å². The summed E-state index contributed by atoms with van der Waals surface area (Å²) in [6.45, 7) is 4.92. The molecule has 0 bridgehead atoms. The van der Waals surface area contributed by atoms with Crippen molar-refractivity contribution in [3.8, 4) is 0 Å². The molecule has 3 nitrogen and oxygen atoms in total. The van der Waals surface area contributed by atoms with Crippen molar-refractivity contribution in [2.45, 2.75) is 77.7 Å². The van der Waals surface area contributed by atoms with Crippen LogP contribution in [-0.4, -0.2) is 23.8 Å². The Morgan fingerprint density at radius 2 is 2.05 bits per heavy atom. The number of hydrogen-bond acceptors (Lipinski definition) is 3. The lowest BCUT2D eigenvalue weighted by molar-refractivity contribution is -0.146. The molecule has 0 aromatic rings. The van der Waals surface area contributed by atoms with Crippen LogP contribution in [0.1, 0.15) is 71.6 Å². The van der Waals surface area contributed by atoms with Gasteiger partial charge in [-0.05, 0) is 43.9 Å². The highest BCUT2D eigenvalue weighted by Crippen LogP contribution is 2.24. The van der Waals surface area contributed by atoms with Gasteiger partial charge in [0, 0.05) is 6.42 Å². The maximum Gasteiger partial charge on any atom is 0.305 e. The fourth-order valence-corrected chi connectivity index (χ4v) is 2.93. The molecule has 19 heavy (non-hydrogen) atoms. The van der Waals surface area contributed by atoms with E-state index >= 15 is 0 Å². The van der Waals surface area contributed by atoms with Crippen LogP contribution in [0.15, 0.2) is 0 Å². The van der Waals surface area contributed by atoms with E-state index in [1.165, 1.54) is 12.8 Å². The summed E-state index contributed by atoms with van der Waals surface area (Å²) in [5, 5.41) is 9.56. The number of hydrogen-bond donors (Lipinski definition) is 1. The van der Waals surface area contributed by atoms with Gasteiger partial charge in [0.1, 0.15) is 0 Å². The summed E-state index contributed by atoms with van der Waals surface area (Å²) in [7, 11) is 0.